The second kappa shape index (κ2) is 5.89. The van der Waals surface area contributed by atoms with Crippen LogP contribution in [0.3, 0.4) is 0 Å². The number of fused-ring (bicyclic) bond motifs is 1. The van der Waals surface area contributed by atoms with Crippen LogP contribution in [-0.4, -0.2) is 46.8 Å². The maximum atomic E-state index is 11.6. The lowest BCUT2D eigenvalue weighted by atomic mass is 9.92. The Kier molecular flexibility index (Phi) is 4.16. The molecule has 1 aromatic carbocycles. The predicted octanol–water partition coefficient (Wildman–Crippen LogP) is 2.92. The van der Waals surface area contributed by atoms with Crippen LogP contribution in [-0.2, 0) is 9.84 Å². The maximum Gasteiger partial charge on any atom is 0.416 e. The maximum absolute atomic E-state index is 11.6. The zero-order valence-corrected chi connectivity index (χ0v) is 14.8. The Balaban J connectivity index is 2.23. The number of rotatable bonds is 2. The smallest absolute Gasteiger partial charge is 0.416 e. The Bertz CT molecular complexity index is 948. The molecule has 7 nitrogen and oxygen atoms in total. The third-order valence-electron chi connectivity index (χ3n) is 4.33. The van der Waals surface area contributed by atoms with Crippen molar-refractivity contribution in [3.05, 3.63) is 33.9 Å². The third kappa shape index (κ3) is 2.93. The summed E-state index contributed by atoms with van der Waals surface area (Å²) < 4.78 is 24.7. The molecule has 0 amide bonds. The first-order chi connectivity index (χ1) is 11.2. The van der Waals surface area contributed by atoms with Crippen LogP contribution < -0.4 is 0 Å². The topological polar surface area (TPSA) is 114 Å². The minimum absolute atomic E-state index is 0.0528. The lowest BCUT2D eigenvalue weighted by Crippen LogP contribution is -2.22. The fraction of sp³-hybridized carbons (Fsp3) is 0.333. The van der Waals surface area contributed by atoms with Gasteiger partial charge in [-0.15, -0.1) is 0 Å². The van der Waals surface area contributed by atoms with E-state index in [9.17, 15) is 28.2 Å². The molecule has 0 radical (unpaired) electrons. The summed E-state index contributed by atoms with van der Waals surface area (Å²) in [6.45, 7) is 0. The highest BCUT2D eigenvalue weighted by Gasteiger charge is 2.29. The van der Waals surface area contributed by atoms with E-state index in [4.69, 9.17) is 0 Å². The molecule has 0 unspecified atom stereocenters. The van der Waals surface area contributed by atoms with Crippen molar-refractivity contribution < 1.29 is 28.2 Å². The van der Waals surface area contributed by atoms with E-state index in [1.54, 1.807) is 6.07 Å². The molecule has 0 aliphatic carbocycles. The summed E-state index contributed by atoms with van der Waals surface area (Å²) in [6, 6.07) is 3.04. The summed E-state index contributed by atoms with van der Waals surface area (Å²) in [4.78, 5) is 23.0. The number of carboxylic acids is 1. The molecule has 3 rings (SSSR count). The summed E-state index contributed by atoms with van der Waals surface area (Å²) in [7, 11) is -3.04. The van der Waals surface area contributed by atoms with Crippen molar-refractivity contribution in [2.24, 2.45) is 0 Å². The minimum atomic E-state index is -3.04. The van der Waals surface area contributed by atoms with Crippen molar-refractivity contribution in [1.29, 1.82) is 0 Å². The summed E-state index contributed by atoms with van der Waals surface area (Å²) in [5.41, 5.74) is 0.671. The van der Waals surface area contributed by atoms with Crippen molar-refractivity contribution in [2.45, 2.75) is 18.8 Å². The molecule has 1 aliphatic rings. The fourth-order valence-corrected chi connectivity index (χ4v) is 5.14. The number of carboxylic acid groups (broad SMARTS) is 2. The fourth-order valence-electron chi connectivity index (χ4n) is 3.19. The van der Waals surface area contributed by atoms with Gasteiger partial charge < -0.3 is 10.2 Å². The average molecular weight is 416 g/mol. The Hall–Kier alpha value is -1.87. The highest BCUT2D eigenvalue weighted by molar-refractivity contribution is 9.10. The molecule has 0 spiro atoms. The number of hydrogen-bond donors (Lipinski definition) is 2. The molecule has 24 heavy (non-hydrogen) atoms. The zero-order valence-electron chi connectivity index (χ0n) is 12.4. The van der Waals surface area contributed by atoms with Gasteiger partial charge >= 0.3 is 12.1 Å². The second-order valence-corrected chi connectivity index (χ2v) is 9.04. The van der Waals surface area contributed by atoms with Crippen LogP contribution in [0.5, 0.6) is 0 Å². The molecule has 128 valence electrons. The van der Waals surface area contributed by atoms with Gasteiger partial charge in [0, 0.05) is 16.1 Å². The number of aromatic nitrogens is 1. The standard InChI is InChI=1S/C15H14BrNO6S/c16-9-5-10-12(8-1-3-24(22,23)4-2-8)7-17(15(20)21)13(10)11(6-9)14(18)19/h5-8H,1-4H2,(H,18,19)(H,20,21). The molecule has 0 atom stereocenters. The SMILES string of the molecule is O=C(O)c1cc(Br)cc2c(C3CCS(=O)(=O)CC3)cn(C(=O)O)c12. The number of aromatic carboxylic acids is 1. The quantitative estimate of drug-likeness (QED) is 0.778. The van der Waals surface area contributed by atoms with Crippen molar-refractivity contribution in [3.8, 4) is 0 Å². The summed E-state index contributed by atoms with van der Waals surface area (Å²) >= 11 is 3.26. The van der Waals surface area contributed by atoms with Gasteiger partial charge in [-0.3, -0.25) is 4.57 Å². The first kappa shape index (κ1) is 17.0. The van der Waals surface area contributed by atoms with Gasteiger partial charge in [0.15, 0.2) is 0 Å². The van der Waals surface area contributed by atoms with Crippen molar-refractivity contribution in [1.82, 2.24) is 4.57 Å². The molecule has 0 bridgehead atoms. The van der Waals surface area contributed by atoms with Gasteiger partial charge in [0.05, 0.1) is 22.6 Å². The van der Waals surface area contributed by atoms with Crippen molar-refractivity contribution in [3.63, 3.8) is 0 Å². The molecule has 1 aliphatic heterocycles. The Morgan fingerprint density at radius 3 is 2.33 bits per heavy atom. The Morgan fingerprint density at radius 2 is 1.79 bits per heavy atom. The second-order valence-electron chi connectivity index (χ2n) is 5.82. The van der Waals surface area contributed by atoms with Gasteiger partial charge in [0.25, 0.3) is 0 Å². The predicted molar refractivity (Wildman–Crippen MR) is 90.6 cm³/mol. The van der Waals surface area contributed by atoms with E-state index in [0.717, 1.165) is 4.57 Å². The number of carbonyl (C=O) groups is 2. The van der Waals surface area contributed by atoms with Crippen LogP contribution in [0.15, 0.2) is 22.8 Å². The van der Waals surface area contributed by atoms with E-state index in [1.807, 2.05) is 0 Å². The summed E-state index contributed by atoms with van der Waals surface area (Å²) in [6.07, 6.45) is 0.931. The van der Waals surface area contributed by atoms with Gasteiger partial charge in [-0.05, 0) is 36.5 Å². The van der Waals surface area contributed by atoms with Crippen LogP contribution >= 0.6 is 15.9 Å². The highest BCUT2D eigenvalue weighted by Crippen LogP contribution is 2.37. The van der Waals surface area contributed by atoms with E-state index in [2.05, 4.69) is 15.9 Å². The zero-order chi connectivity index (χ0) is 17.6. The number of sulfone groups is 1. The third-order valence-corrected chi connectivity index (χ3v) is 6.50. The van der Waals surface area contributed by atoms with Gasteiger partial charge in [-0.2, -0.15) is 0 Å². The minimum Gasteiger partial charge on any atom is -0.478 e. The van der Waals surface area contributed by atoms with Crippen LogP contribution in [0.25, 0.3) is 10.9 Å². The molecular formula is C15H14BrNO6S. The molecule has 2 aromatic rings. The lowest BCUT2D eigenvalue weighted by Gasteiger charge is -2.21. The monoisotopic (exact) mass is 415 g/mol. The van der Waals surface area contributed by atoms with E-state index >= 15 is 0 Å². The Labute approximate surface area is 145 Å². The van der Waals surface area contributed by atoms with E-state index < -0.39 is 21.9 Å². The molecule has 9 heteroatoms. The lowest BCUT2D eigenvalue weighted by molar-refractivity contribution is 0.0698. The summed E-state index contributed by atoms with van der Waals surface area (Å²) in [5, 5.41) is 19.3. The highest BCUT2D eigenvalue weighted by atomic mass is 79.9. The molecular weight excluding hydrogens is 402 g/mol. The normalized spacial score (nSPS) is 17.9. The number of hydrogen-bond acceptors (Lipinski definition) is 4. The molecule has 0 saturated carbocycles. The van der Waals surface area contributed by atoms with E-state index in [1.165, 1.54) is 12.3 Å². The Morgan fingerprint density at radius 1 is 1.17 bits per heavy atom. The number of benzene rings is 1. The van der Waals surface area contributed by atoms with Crippen LogP contribution in [0.4, 0.5) is 4.79 Å². The molecule has 1 aromatic heterocycles. The molecule has 1 saturated heterocycles. The van der Waals surface area contributed by atoms with Crippen molar-refractivity contribution in [2.75, 3.05) is 11.5 Å². The summed E-state index contributed by atoms with van der Waals surface area (Å²) in [5.74, 6) is -1.23. The van der Waals surface area contributed by atoms with Gasteiger partial charge in [-0.1, -0.05) is 15.9 Å². The van der Waals surface area contributed by atoms with Gasteiger partial charge in [0.1, 0.15) is 9.84 Å². The molecule has 2 N–H and O–H groups in total. The number of nitrogens with zero attached hydrogens (tertiary/aromatic N) is 1. The van der Waals surface area contributed by atoms with Gasteiger partial charge in [-0.25, -0.2) is 18.0 Å². The first-order valence-electron chi connectivity index (χ1n) is 7.21. The first-order valence-corrected chi connectivity index (χ1v) is 9.82. The van der Waals surface area contributed by atoms with Crippen LogP contribution in [0.2, 0.25) is 0 Å². The largest absolute Gasteiger partial charge is 0.478 e. The van der Waals surface area contributed by atoms with Crippen LogP contribution in [0, 0.1) is 0 Å². The van der Waals surface area contributed by atoms with Crippen molar-refractivity contribution >= 4 is 48.7 Å². The van der Waals surface area contributed by atoms with Gasteiger partial charge in [0.2, 0.25) is 0 Å². The molecule has 2 heterocycles. The average Bonchev–Trinajstić information content (AvgIpc) is 2.85. The van der Waals surface area contributed by atoms with E-state index in [0.29, 0.717) is 28.3 Å². The number of halogens is 1. The molecule has 1 fully saturated rings. The van der Waals surface area contributed by atoms with Crippen LogP contribution in [0.1, 0.15) is 34.7 Å². The van der Waals surface area contributed by atoms with E-state index in [-0.39, 0.29) is 28.5 Å².